The molecular weight excluding hydrogens is 456 g/mol. The van der Waals surface area contributed by atoms with Gasteiger partial charge >= 0.3 is 4.87 Å². The lowest BCUT2D eigenvalue weighted by Gasteiger charge is -2.19. The summed E-state index contributed by atoms with van der Waals surface area (Å²) in [4.78, 5) is 38.9. The van der Waals surface area contributed by atoms with Crippen molar-refractivity contribution in [3.63, 3.8) is 0 Å². The summed E-state index contributed by atoms with van der Waals surface area (Å²) in [5.74, 6) is -3.96. The third-order valence-corrected chi connectivity index (χ3v) is 5.59. The molecule has 4 rings (SSSR count). The Balaban J connectivity index is 1.32. The van der Waals surface area contributed by atoms with Crippen LogP contribution in [-0.2, 0) is 11.3 Å². The Morgan fingerprint density at radius 1 is 1.33 bits per heavy atom. The number of aromatic nitrogens is 4. The maximum absolute atomic E-state index is 13.5. The molecule has 0 aliphatic carbocycles. The minimum atomic E-state index is -3.11. The van der Waals surface area contributed by atoms with Gasteiger partial charge in [0.25, 0.3) is 11.8 Å². The van der Waals surface area contributed by atoms with E-state index >= 15 is 0 Å². The lowest BCUT2D eigenvalue weighted by atomic mass is 10.1. The van der Waals surface area contributed by atoms with Crippen molar-refractivity contribution in [2.75, 3.05) is 13.1 Å². The highest BCUT2D eigenvalue weighted by molar-refractivity contribution is 7.03. The number of hydrogen-bond acceptors (Lipinski definition) is 7. The number of nitriles is 1. The molecule has 3 aromatic rings. The highest BCUT2D eigenvalue weighted by Crippen LogP contribution is 2.31. The first-order valence-electron chi connectivity index (χ1n) is 9.77. The summed E-state index contributed by atoms with van der Waals surface area (Å²) in [6.07, 6.45) is 2.11. The average Bonchev–Trinajstić information content (AvgIpc) is 3.51. The highest BCUT2D eigenvalue weighted by Gasteiger charge is 2.47. The van der Waals surface area contributed by atoms with Crippen LogP contribution >= 0.6 is 11.5 Å². The van der Waals surface area contributed by atoms with E-state index in [1.807, 2.05) is 12.1 Å². The number of carbonyl (C=O) groups is 2. The van der Waals surface area contributed by atoms with Crippen molar-refractivity contribution in [2.45, 2.75) is 24.9 Å². The van der Waals surface area contributed by atoms with E-state index in [1.165, 1.54) is 17.1 Å². The number of hydrogen-bond donors (Lipinski definition) is 2. The Morgan fingerprint density at radius 3 is 2.76 bits per heavy atom. The van der Waals surface area contributed by atoms with E-state index < -0.39 is 43.3 Å². The number of nitrogens with zero attached hydrogens (tertiary/aromatic N) is 5. The number of H-pyrrole nitrogens is 1. The summed E-state index contributed by atoms with van der Waals surface area (Å²) >= 11 is 0.841. The summed E-state index contributed by atoms with van der Waals surface area (Å²) in [7, 11) is 0. The molecule has 1 fully saturated rings. The van der Waals surface area contributed by atoms with Gasteiger partial charge in [-0.1, -0.05) is 24.3 Å². The molecule has 0 spiro atoms. The highest BCUT2D eigenvalue weighted by atomic mass is 32.1. The molecule has 0 saturated carbocycles. The standard InChI is InChI=1S/C20H17F2N7O3S/c21-20(22)5-15(6-23)29(11-20)16(30)8-24-18(31)14-7-25-28(10-14)9-12-1-3-13(4-2-12)17-26-19(32)33-27-17/h1-4,7,10,15H,5,8-9,11H2,(H,24,31)(H,26,27,32)/t15-/m0/s1. The van der Waals surface area contributed by atoms with E-state index in [0.717, 1.165) is 27.6 Å². The van der Waals surface area contributed by atoms with Crippen LogP contribution in [0.5, 0.6) is 0 Å². The molecule has 13 heteroatoms. The fraction of sp³-hybridized carbons (Fsp3) is 0.300. The fourth-order valence-corrected chi connectivity index (χ4v) is 3.90. The molecule has 1 aliphatic heterocycles. The molecule has 2 aromatic heterocycles. The van der Waals surface area contributed by atoms with E-state index in [0.29, 0.717) is 12.4 Å². The number of alkyl halides is 2. The van der Waals surface area contributed by atoms with Gasteiger partial charge in [0.1, 0.15) is 6.04 Å². The third kappa shape index (κ3) is 5.12. The lowest BCUT2D eigenvalue weighted by Crippen LogP contribution is -2.42. The molecule has 10 nitrogen and oxygen atoms in total. The summed E-state index contributed by atoms with van der Waals surface area (Å²) in [5, 5.41) is 15.5. The predicted molar refractivity (Wildman–Crippen MR) is 113 cm³/mol. The van der Waals surface area contributed by atoms with Crippen LogP contribution in [0.1, 0.15) is 22.3 Å². The Hall–Kier alpha value is -3.92. The van der Waals surface area contributed by atoms with Crippen LogP contribution in [-0.4, -0.2) is 60.9 Å². The molecule has 0 bridgehead atoms. The van der Waals surface area contributed by atoms with Gasteiger partial charge in [0.15, 0.2) is 5.82 Å². The van der Waals surface area contributed by atoms with E-state index in [9.17, 15) is 23.2 Å². The zero-order valence-corrected chi connectivity index (χ0v) is 17.8. The van der Waals surface area contributed by atoms with Crippen molar-refractivity contribution in [1.29, 1.82) is 5.26 Å². The van der Waals surface area contributed by atoms with E-state index in [-0.39, 0.29) is 10.4 Å². The maximum Gasteiger partial charge on any atom is 0.323 e. The number of halogens is 2. The SMILES string of the molecule is N#C[C@@H]1CC(F)(F)CN1C(=O)CNC(=O)c1cnn(Cc2ccc(-c3nsc(=O)[nH]3)cc2)c1. The van der Waals surface area contributed by atoms with Gasteiger partial charge in [-0.25, -0.2) is 8.78 Å². The quantitative estimate of drug-likeness (QED) is 0.553. The number of aromatic amines is 1. The Labute approximate surface area is 189 Å². The van der Waals surface area contributed by atoms with Crippen molar-refractivity contribution in [3.05, 3.63) is 57.5 Å². The largest absolute Gasteiger partial charge is 0.343 e. The number of benzene rings is 1. The van der Waals surface area contributed by atoms with Crippen LogP contribution in [0.2, 0.25) is 0 Å². The second kappa shape index (κ2) is 8.91. The van der Waals surface area contributed by atoms with Crippen molar-refractivity contribution >= 4 is 23.3 Å². The molecule has 2 N–H and O–H groups in total. The second-order valence-corrected chi connectivity index (χ2v) is 8.21. The summed E-state index contributed by atoms with van der Waals surface area (Å²) in [5.41, 5.74) is 1.85. The van der Waals surface area contributed by atoms with Crippen LogP contribution < -0.4 is 10.2 Å². The predicted octanol–water partition coefficient (Wildman–Crippen LogP) is 1.23. The summed E-state index contributed by atoms with van der Waals surface area (Å²) < 4.78 is 32.5. The second-order valence-electron chi connectivity index (χ2n) is 7.48. The van der Waals surface area contributed by atoms with Gasteiger partial charge in [-0.2, -0.15) is 14.7 Å². The van der Waals surface area contributed by atoms with Gasteiger partial charge in [0, 0.05) is 29.7 Å². The first-order chi connectivity index (χ1) is 15.7. The fourth-order valence-electron chi connectivity index (χ4n) is 3.43. The van der Waals surface area contributed by atoms with Crippen molar-refractivity contribution in [3.8, 4) is 17.5 Å². The smallest absolute Gasteiger partial charge is 0.323 e. The molecular formula is C20H17F2N7O3S. The van der Waals surface area contributed by atoms with Crippen molar-refractivity contribution < 1.29 is 18.4 Å². The topological polar surface area (TPSA) is 137 Å². The number of carbonyl (C=O) groups excluding carboxylic acids is 2. The van der Waals surface area contributed by atoms with E-state index in [1.54, 1.807) is 18.2 Å². The van der Waals surface area contributed by atoms with Gasteiger partial charge in [-0.15, -0.1) is 0 Å². The molecule has 33 heavy (non-hydrogen) atoms. The molecule has 3 heterocycles. The van der Waals surface area contributed by atoms with Gasteiger partial charge in [0.2, 0.25) is 5.91 Å². The summed E-state index contributed by atoms with van der Waals surface area (Å²) in [6, 6.07) is 7.76. The number of amides is 2. The van der Waals surface area contributed by atoms with Gasteiger partial charge in [-0.05, 0) is 5.56 Å². The first-order valence-corrected chi connectivity index (χ1v) is 10.5. The zero-order chi connectivity index (χ0) is 23.6. The molecule has 0 radical (unpaired) electrons. The number of likely N-dealkylation sites (tertiary alicyclic amines) is 1. The molecule has 2 amide bonds. The minimum Gasteiger partial charge on any atom is -0.343 e. The zero-order valence-electron chi connectivity index (χ0n) is 17.0. The Kier molecular flexibility index (Phi) is 6.01. The lowest BCUT2D eigenvalue weighted by molar-refractivity contribution is -0.131. The van der Waals surface area contributed by atoms with Crippen molar-refractivity contribution in [1.82, 2.24) is 29.4 Å². The monoisotopic (exact) mass is 473 g/mol. The molecule has 1 aromatic carbocycles. The third-order valence-electron chi connectivity index (χ3n) is 5.05. The van der Waals surface area contributed by atoms with Crippen LogP contribution in [0.3, 0.4) is 0 Å². The average molecular weight is 473 g/mol. The van der Waals surface area contributed by atoms with Gasteiger partial charge < -0.3 is 10.2 Å². The van der Waals surface area contributed by atoms with Crippen LogP contribution in [0.15, 0.2) is 41.5 Å². The minimum absolute atomic E-state index is 0.197. The van der Waals surface area contributed by atoms with Crippen molar-refractivity contribution in [2.24, 2.45) is 0 Å². The van der Waals surface area contributed by atoms with Crippen LogP contribution in [0, 0.1) is 11.3 Å². The van der Waals surface area contributed by atoms with Gasteiger partial charge in [-0.3, -0.25) is 24.0 Å². The van der Waals surface area contributed by atoms with Gasteiger partial charge in [0.05, 0.1) is 37.5 Å². The Morgan fingerprint density at radius 2 is 2.09 bits per heavy atom. The van der Waals surface area contributed by atoms with E-state index in [4.69, 9.17) is 5.26 Å². The number of rotatable bonds is 6. The number of nitrogens with one attached hydrogen (secondary N) is 2. The van der Waals surface area contributed by atoms with Crippen LogP contribution in [0.25, 0.3) is 11.4 Å². The normalized spacial score (nSPS) is 17.0. The maximum atomic E-state index is 13.5. The molecule has 0 unspecified atom stereocenters. The summed E-state index contributed by atoms with van der Waals surface area (Å²) in [6.45, 7) is -0.972. The molecule has 1 aliphatic rings. The first kappa shape index (κ1) is 22.3. The van der Waals surface area contributed by atoms with Crippen LogP contribution in [0.4, 0.5) is 8.78 Å². The molecule has 1 saturated heterocycles. The molecule has 170 valence electrons. The molecule has 1 atom stereocenters. The van der Waals surface area contributed by atoms with E-state index in [2.05, 4.69) is 19.8 Å². The Bertz CT molecular complexity index is 1280.